The predicted octanol–water partition coefficient (Wildman–Crippen LogP) is 7.09. The fourth-order valence-electron chi connectivity index (χ4n) is 3.15. The summed E-state index contributed by atoms with van der Waals surface area (Å²) in [4.78, 5) is 1.45. The van der Waals surface area contributed by atoms with Crippen LogP contribution in [0.2, 0.25) is 0 Å². The van der Waals surface area contributed by atoms with E-state index in [1.54, 1.807) is 0 Å². The zero-order valence-corrected chi connectivity index (χ0v) is 20.8. The molecule has 0 amide bonds. The lowest BCUT2D eigenvalue weighted by molar-refractivity contribution is 0.265. The molecule has 0 spiro atoms. The van der Waals surface area contributed by atoms with E-state index in [-0.39, 0.29) is 0 Å². The highest BCUT2D eigenvalue weighted by Gasteiger charge is 2.00. The third-order valence-electron chi connectivity index (χ3n) is 4.96. The monoisotopic (exact) mass is 486 g/mol. The first kappa shape index (κ1) is 25.3. The number of unbranched alkanes of at least 4 members (excludes halogenated alkanes) is 2. The largest absolute Gasteiger partial charge is 0.494 e. The minimum Gasteiger partial charge on any atom is -0.494 e. The maximum atomic E-state index is 5.83. The normalized spacial score (nSPS) is 10.7. The number of hydrogen-bond donors (Lipinski definition) is 1. The predicted molar refractivity (Wildman–Crippen MR) is 140 cm³/mol. The molecule has 3 aromatic rings. The van der Waals surface area contributed by atoms with E-state index in [0.717, 1.165) is 73.9 Å². The Morgan fingerprint density at radius 2 is 0.970 bits per heavy atom. The molecule has 0 aliphatic carbocycles. The van der Waals surface area contributed by atoms with E-state index in [9.17, 15) is 0 Å². The van der Waals surface area contributed by atoms with Gasteiger partial charge in [-0.1, -0.05) is 6.07 Å². The van der Waals surface area contributed by atoms with Crippen LogP contribution in [-0.4, -0.2) is 32.2 Å². The standard InChI is InChI=1S/C27H34O4S2/c32-21-6-20-31-26-15-13-25(14-16-26)30-19-4-3-18-29-24-11-9-23(10-12-24)28-17-2-1-7-27-8-5-22-33-27/h5,8-16,22,32H,1-4,6-7,17-21H2. The zero-order chi connectivity index (χ0) is 23.0. The zero-order valence-electron chi connectivity index (χ0n) is 19.1. The number of thiol groups is 1. The molecule has 4 nitrogen and oxygen atoms in total. The van der Waals surface area contributed by atoms with Crippen LogP contribution in [0.15, 0.2) is 66.0 Å². The molecule has 0 fully saturated rings. The van der Waals surface area contributed by atoms with Gasteiger partial charge < -0.3 is 18.9 Å². The molecule has 0 bridgehead atoms. The summed E-state index contributed by atoms with van der Waals surface area (Å²) in [5.74, 6) is 4.32. The number of ether oxygens (including phenoxy) is 4. The number of benzene rings is 2. The molecule has 0 unspecified atom stereocenters. The van der Waals surface area contributed by atoms with Crippen LogP contribution in [-0.2, 0) is 6.42 Å². The lowest BCUT2D eigenvalue weighted by atomic mass is 10.2. The Labute approximate surface area is 207 Å². The molecular formula is C27H34O4S2. The molecule has 0 radical (unpaired) electrons. The highest BCUT2D eigenvalue weighted by molar-refractivity contribution is 7.80. The third kappa shape index (κ3) is 10.4. The van der Waals surface area contributed by atoms with E-state index >= 15 is 0 Å². The molecule has 178 valence electrons. The quantitative estimate of drug-likeness (QED) is 0.163. The summed E-state index contributed by atoms with van der Waals surface area (Å²) < 4.78 is 23.1. The Bertz CT molecular complexity index is 864. The smallest absolute Gasteiger partial charge is 0.119 e. The van der Waals surface area contributed by atoms with Gasteiger partial charge in [0.1, 0.15) is 23.0 Å². The maximum Gasteiger partial charge on any atom is 0.119 e. The Morgan fingerprint density at radius 1 is 0.545 bits per heavy atom. The number of aryl methyl sites for hydroxylation is 1. The molecule has 0 aliphatic rings. The minimum atomic E-state index is 0.669. The van der Waals surface area contributed by atoms with Crippen LogP contribution >= 0.6 is 24.0 Å². The summed E-state index contributed by atoms with van der Waals surface area (Å²) in [6.45, 7) is 2.78. The lowest BCUT2D eigenvalue weighted by Crippen LogP contribution is -2.03. The molecule has 6 heteroatoms. The highest BCUT2D eigenvalue weighted by Crippen LogP contribution is 2.20. The van der Waals surface area contributed by atoms with Crippen molar-refractivity contribution in [2.24, 2.45) is 0 Å². The summed E-state index contributed by atoms with van der Waals surface area (Å²) >= 11 is 6.01. The Kier molecular flexibility index (Phi) is 11.9. The molecule has 0 atom stereocenters. The minimum absolute atomic E-state index is 0.669. The summed E-state index contributed by atoms with van der Waals surface area (Å²) in [5, 5.41) is 2.13. The van der Waals surface area contributed by atoms with Gasteiger partial charge in [0.2, 0.25) is 0 Å². The molecule has 0 saturated carbocycles. The first-order valence-electron chi connectivity index (χ1n) is 11.7. The van der Waals surface area contributed by atoms with Crippen molar-refractivity contribution in [3.8, 4) is 23.0 Å². The van der Waals surface area contributed by atoms with Crippen LogP contribution in [0.25, 0.3) is 0 Å². The summed E-state index contributed by atoms with van der Waals surface area (Å²) in [6.07, 6.45) is 6.17. The summed E-state index contributed by atoms with van der Waals surface area (Å²) in [5.41, 5.74) is 0. The van der Waals surface area contributed by atoms with Crippen molar-refractivity contribution in [1.29, 1.82) is 0 Å². The van der Waals surface area contributed by atoms with E-state index < -0.39 is 0 Å². The van der Waals surface area contributed by atoms with Gasteiger partial charge in [-0.05, 0) is 104 Å². The van der Waals surface area contributed by atoms with E-state index in [1.807, 2.05) is 59.9 Å². The molecule has 0 saturated heterocycles. The van der Waals surface area contributed by atoms with E-state index in [4.69, 9.17) is 18.9 Å². The number of rotatable bonds is 17. The second-order valence-electron chi connectivity index (χ2n) is 7.66. The third-order valence-corrected chi connectivity index (χ3v) is 6.21. The number of thiophene rings is 1. The average Bonchev–Trinajstić information content (AvgIpc) is 3.37. The first-order valence-corrected chi connectivity index (χ1v) is 13.2. The van der Waals surface area contributed by atoms with Crippen molar-refractivity contribution in [2.75, 3.05) is 32.2 Å². The fraction of sp³-hybridized carbons (Fsp3) is 0.407. The van der Waals surface area contributed by atoms with Crippen molar-refractivity contribution in [1.82, 2.24) is 0 Å². The fourth-order valence-corrected chi connectivity index (χ4v) is 4.03. The van der Waals surface area contributed by atoms with Gasteiger partial charge in [0.15, 0.2) is 0 Å². The molecule has 0 N–H and O–H groups in total. The SMILES string of the molecule is SCCCOc1ccc(OCCCCOc2ccc(OCCCCc3cccs3)cc2)cc1. The van der Waals surface area contributed by atoms with Crippen LogP contribution in [0.3, 0.4) is 0 Å². The molecule has 3 rings (SSSR count). The Balaban J connectivity index is 1.20. The van der Waals surface area contributed by atoms with Crippen LogP contribution < -0.4 is 18.9 Å². The van der Waals surface area contributed by atoms with E-state index in [0.29, 0.717) is 19.8 Å². The van der Waals surface area contributed by atoms with Crippen LogP contribution in [0.5, 0.6) is 23.0 Å². The van der Waals surface area contributed by atoms with Gasteiger partial charge in [-0.3, -0.25) is 0 Å². The molecule has 2 aromatic carbocycles. The first-order chi connectivity index (χ1) is 16.3. The Morgan fingerprint density at radius 3 is 1.36 bits per heavy atom. The van der Waals surface area contributed by atoms with Gasteiger partial charge in [-0.15, -0.1) is 11.3 Å². The van der Waals surface area contributed by atoms with Crippen molar-refractivity contribution in [3.63, 3.8) is 0 Å². The van der Waals surface area contributed by atoms with Gasteiger partial charge in [0.25, 0.3) is 0 Å². The van der Waals surface area contributed by atoms with Gasteiger partial charge in [-0.2, -0.15) is 12.6 Å². The van der Waals surface area contributed by atoms with Gasteiger partial charge >= 0.3 is 0 Å². The van der Waals surface area contributed by atoms with Crippen LogP contribution in [0.1, 0.15) is 37.0 Å². The van der Waals surface area contributed by atoms with Crippen molar-refractivity contribution >= 4 is 24.0 Å². The second-order valence-corrected chi connectivity index (χ2v) is 9.14. The van der Waals surface area contributed by atoms with Crippen molar-refractivity contribution in [2.45, 2.75) is 38.5 Å². The molecule has 1 heterocycles. The average molecular weight is 487 g/mol. The topological polar surface area (TPSA) is 36.9 Å². The molecule has 33 heavy (non-hydrogen) atoms. The summed E-state index contributed by atoms with van der Waals surface area (Å²) in [6, 6.07) is 20.0. The highest BCUT2D eigenvalue weighted by atomic mass is 32.1. The van der Waals surface area contributed by atoms with E-state index in [1.165, 1.54) is 4.88 Å². The van der Waals surface area contributed by atoms with Gasteiger partial charge in [0.05, 0.1) is 26.4 Å². The van der Waals surface area contributed by atoms with Gasteiger partial charge in [-0.25, -0.2) is 0 Å². The second kappa shape index (κ2) is 15.5. The molecule has 0 aliphatic heterocycles. The Hall–Kier alpha value is -2.31. The van der Waals surface area contributed by atoms with E-state index in [2.05, 4.69) is 30.1 Å². The summed E-state index contributed by atoms with van der Waals surface area (Å²) in [7, 11) is 0. The van der Waals surface area contributed by atoms with Crippen LogP contribution in [0, 0.1) is 0 Å². The van der Waals surface area contributed by atoms with Crippen molar-refractivity contribution in [3.05, 3.63) is 70.9 Å². The molecule has 1 aromatic heterocycles. The maximum absolute atomic E-state index is 5.83. The lowest BCUT2D eigenvalue weighted by Gasteiger charge is -2.10. The number of hydrogen-bond acceptors (Lipinski definition) is 6. The van der Waals surface area contributed by atoms with Gasteiger partial charge in [0, 0.05) is 4.88 Å². The molecular weight excluding hydrogens is 452 g/mol. The van der Waals surface area contributed by atoms with Crippen LogP contribution in [0.4, 0.5) is 0 Å². The van der Waals surface area contributed by atoms with Crippen molar-refractivity contribution < 1.29 is 18.9 Å².